The Morgan fingerprint density at radius 3 is 2.48 bits per heavy atom. The van der Waals surface area contributed by atoms with Crippen LogP contribution in [0.15, 0.2) is 73.6 Å². The molecule has 0 fully saturated rings. The quantitative estimate of drug-likeness (QED) is 0.446. The summed E-state index contributed by atoms with van der Waals surface area (Å²) >= 11 is 0. The predicted molar refractivity (Wildman–Crippen MR) is 114 cm³/mol. The van der Waals surface area contributed by atoms with Gasteiger partial charge in [-0.2, -0.15) is 5.10 Å². The Hall–Kier alpha value is -3.78. The van der Waals surface area contributed by atoms with Gasteiger partial charge in [-0.3, -0.25) is 0 Å². The molecule has 0 spiro atoms. The third-order valence-corrected chi connectivity index (χ3v) is 4.94. The maximum absolute atomic E-state index is 14.5. The molecule has 1 atom stereocenters. The number of anilines is 1. The number of nitrogen functional groups attached to an aromatic ring is 1. The average molecular weight is 421 g/mol. The first-order chi connectivity index (χ1) is 14.9. The fraction of sp³-hybridized carbons (Fsp3) is 0.130. The van der Waals surface area contributed by atoms with Crippen molar-refractivity contribution < 1.29 is 13.9 Å². The minimum atomic E-state index is -1.68. The van der Waals surface area contributed by atoms with Crippen LogP contribution in [0.25, 0.3) is 12.2 Å². The fourth-order valence-corrected chi connectivity index (χ4v) is 3.43. The molecule has 0 aliphatic heterocycles. The minimum absolute atomic E-state index is 0.0166. The third-order valence-electron chi connectivity index (χ3n) is 4.94. The van der Waals surface area contributed by atoms with Crippen LogP contribution >= 0.6 is 0 Å². The van der Waals surface area contributed by atoms with Gasteiger partial charge in [0.25, 0.3) is 0 Å². The van der Waals surface area contributed by atoms with Crippen molar-refractivity contribution in [2.45, 2.75) is 18.7 Å². The van der Waals surface area contributed by atoms with Gasteiger partial charge in [0.1, 0.15) is 29.9 Å². The number of aromatic nitrogens is 4. The summed E-state index contributed by atoms with van der Waals surface area (Å²) in [4.78, 5) is 3.87. The molecule has 8 heteroatoms. The van der Waals surface area contributed by atoms with E-state index in [0.717, 1.165) is 23.3 Å². The molecule has 0 aliphatic rings. The molecule has 2 aromatic carbocycles. The Labute approximate surface area is 177 Å². The molecule has 31 heavy (non-hydrogen) atoms. The highest BCUT2D eigenvalue weighted by Gasteiger charge is 2.34. The lowest BCUT2D eigenvalue weighted by Gasteiger charge is -2.29. The van der Waals surface area contributed by atoms with Gasteiger partial charge >= 0.3 is 0 Å². The van der Waals surface area contributed by atoms with Gasteiger partial charge in [0.2, 0.25) is 0 Å². The Kier molecular flexibility index (Phi) is 5.64. The molecule has 0 aliphatic carbocycles. The molecule has 2 aromatic heterocycles. The largest absolute Gasteiger partial charge is 0.399 e. The van der Waals surface area contributed by atoms with Crippen LogP contribution in [0.4, 0.5) is 14.5 Å². The molecular weight excluding hydrogens is 400 g/mol. The van der Waals surface area contributed by atoms with E-state index in [0.29, 0.717) is 5.69 Å². The summed E-state index contributed by atoms with van der Waals surface area (Å²) in [5.74, 6) is -1.53. The van der Waals surface area contributed by atoms with Crippen LogP contribution in [0.2, 0.25) is 0 Å². The summed E-state index contributed by atoms with van der Waals surface area (Å²) in [6, 6.07) is 12.5. The van der Waals surface area contributed by atoms with E-state index < -0.39 is 17.2 Å². The van der Waals surface area contributed by atoms with Crippen molar-refractivity contribution in [1.29, 1.82) is 0 Å². The highest BCUT2D eigenvalue weighted by molar-refractivity contribution is 5.70. The van der Waals surface area contributed by atoms with Crippen LogP contribution in [0.3, 0.4) is 0 Å². The molecule has 2 heterocycles. The van der Waals surface area contributed by atoms with Gasteiger partial charge in [-0.05, 0) is 35.4 Å². The van der Waals surface area contributed by atoms with Crippen molar-refractivity contribution >= 4 is 17.8 Å². The number of nitrogens with zero attached hydrogens (tertiary/aromatic N) is 4. The lowest BCUT2D eigenvalue weighted by molar-refractivity contribution is -0.00534. The average Bonchev–Trinajstić information content (AvgIpc) is 3.39. The molecule has 0 saturated heterocycles. The molecule has 0 radical (unpaired) electrons. The summed E-state index contributed by atoms with van der Waals surface area (Å²) in [7, 11) is 0. The van der Waals surface area contributed by atoms with Crippen molar-refractivity contribution in [3.63, 3.8) is 0 Å². The van der Waals surface area contributed by atoms with Gasteiger partial charge in [0.15, 0.2) is 0 Å². The van der Waals surface area contributed by atoms with Crippen molar-refractivity contribution in [2.75, 3.05) is 5.73 Å². The second-order valence-corrected chi connectivity index (χ2v) is 7.37. The molecule has 158 valence electrons. The zero-order valence-corrected chi connectivity index (χ0v) is 16.6. The van der Waals surface area contributed by atoms with Crippen LogP contribution in [0, 0.1) is 11.6 Å². The smallest absolute Gasteiger partial charge is 0.137 e. The molecule has 4 rings (SSSR count). The molecule has 4 aromatic rings. The zero-order chi connectivity index (χ0) is 21.8. The fourth-order valence-electron chi connectivity index (χ4n) is 3.43. The molecule has 6 nitrogen and oxygen atoms in total. The summed E-state index contributed by atoms with van der Waals surface area (Å²) < 4.78 is 31.1. The van der Waals surface area contributed by atoms with Crippen LogP contribution in [0.1, 0.15) is 16.7 Å². The van der Waals surface area contributed by atoms with Crippen molar-refractivity contribution in [3.05, 3.63) is 102 Å². The first-order valence-electron chi connectivity index (χ1n) is 9.61. The Morgan fingerprint density at radius 2 is 1.77 bits per heavy atom. The number of halogens is 2. The van der Waals surface area contributed by atoms with Crippen LogP contribution in [-0.4, -0.2) is 24.4 Å². The maximum atomic E-state index is 14.5. The Balaban J connectivity index is 1.59. The van der Waals surface area contributed by atoms with E-state index in [1.165, 1.54) is 23.4 Å². The highest BCUT2D eigenvalue weighted by Crippen LogP contribution is 2.29. The van der Waals surface area contributed by atoms with Crippen LogP contribution in [-0.2, 0) is 18.7 Å². The van der Waals surface area contributed by atoms with Crippen molar-refractivity contribution in [1.82, 2.24) is 19.3 Å². The molecule has 0 saturated carbocycles. The van der Waals surface area contributed by atoms with Crippen molar-refractivity contribution in [3.8, 4) is 0 Å². The van der Waals surface area contributed by atoms with E-state index in [9.17, 15) is 13.9 Å². The second-order valence-electron chi connectivity index (χ2n) is 7.37. The Morgan fingerprint density at radius 1 is 1.00 bits per heavy atom. The summed E-state index contributed by atoms with van der Waals surface area (Å²) in [5, 5.41) is 15.4. The van der Waals surface area contributed by atoms with Gasteiger partial charge < -0.3 is 15.4 Å². The lowest BCUT2D eigenvalue weighted by atomic mass is 9.92. The lowest BCUT2D eigenvalue weighted by Crippen LogP contribution is -2.37. The van der Waals surface area contributed by atoms with E-state index in [4.69, 9.17) is 5.73 Å². The minimum Gasteiger partial charge on any atom is -0.399 e. The zero-order valence-electron chi connectivity index (χ0n) is 16.6. The van der Waals surface area contributed by atoms with E-state index in [-0.39, 0.29) is 18.7 Å². The van der Waals surface area contributed by atoms with Crippen LogP contribution < -0.4 is 5.73 Å². The van der Waals surface area contributed by atoms with Gasteiger partial charge in [-0.1, -0.05) is 30.4 Å². The molecule has 0 bridgehead atoms. The molecule has 3 N–H and O–H groups in total. The van der Waals surface area contributed by atoms with Gasteiger partial charge in [-0.25, -0.2) is 18.4 Å². The number of aliphatic hydroxyl groups is 1. The van der Waals surface area contributed by atoms with Crippen molar-refractivity contribution in [2.24, 2.45) is 0 Å². The monoisotopic (exact) mass is 421 g/mol. The topological polar surface area (TPSA) is 81.9 Å². The molecular formula is C23H21F2N5O. The number of hydrogen-bond donors (Lipinski definition) is 2. The van der Waals surface area contributed by atoms with E-state index in [2.05, 4.69) is 10.1 Å². The first kappa shape index (κ1) is 20.5. The molecule has 0 amide bonds. The SMILES string of the molecule is Nc1ccc(C=Cc2ccn(CC(O)(Cn3cncn3)c3ccc(F)cc3F)c2)cc1. The van der Waals surface area contributed by atoms with E-state index >= 15 is 0 Å². The van der Waals surface area contributed by atoms with Gasteiger partial charge in [0.05, 0.1) is 13.1 Å². The highest BCUT2D eigenvalue weighted by atomic mass is 19.1. The third kappa shape index (κ3) is 4.87. The summed E-state index contributed by atoms with van der Waals surface area (Å²) in [5.41, 5.74) is 6.61. The van der Waals surface area contributed by atoms with Crippen LogP contribution in [0.5, 0.6) is 0 Å². The summed E-state index contributed by atoms with van der Waals surface area (Å²) in [6.45, 7) is -0.0184. The number of rotatable bonds is 7. The van der Waals surface area contributed by atoms with Gasteiger partial charge in [-0.15, -0.1) is 0 Å². The second kappa shape index (κ2) is 8.53. The van der Waals surface area contributed by atoms with Gasteiger partial charge in [0, 0.05) is 29.7 Å². The molecule has 1 unspecified atom stereocenters. The van der Waals surface area contributed by atoms with E-state index in [1.807, 2.05) is 48.7 Å². The first-order valence-corrected chi connectivity index (χ1v) is 9.61. The predicted octanol–water partition coefficient (Wildman–Crippen LogP) is 3.70. The Bertz CT molecular complexity index is 1190. The standard InChI is InChI=1S/C23H21F2N5O/c24-19-5-8-21(22(25)11-19)23(31,14-30-16-27-15-28-30)13-29-10-9-18(12-29)2-1-17-3-6-20(26)7-4-17/h1-12,15-16,31H,13-14,26H2. The number of nitrogens with two attached hydrogens (primary N) is 1. The number of benzene rings is 2. The van der Waals surface area contributed by atoms with E-state index in [1.54, 1.807) is 10.8 Å². The number of hydrogen-bond acceptors (Lipinski definition) is 4. The maximum Gasteiger partial charge on any atom is 0.137 e. The summed E-state index contributed by atoms with van der Waals surface area (Å²) in [6.07, 6.45) is 10.3. The normalized spacial score (nSPS) is 13.5.